The van der Waals surface area contributed by atoms with Crippen LogP contribution >= 0.6 is 34.5 Å². The molecule has 86 valence electrons. The monoisotopic (exact) mass is 284 g/mol. The molecule has 7 heteroatoms. The fourth-order valence-electron chi connectivity index (χ4n) is 1.65. The van der Waals surface area contributed by atoms with Crippen molar-refractivity contribution in [3.8, 4) is 10.7 Å². The minimum Gasteiger partial charge on any atom is -0.262 e. The van der Waals surface area contributed by atoms with E-state index in [9.17, 15) is 0 Å². The fourth-order valence-corrected chi connectivity index (χ4v) is 2.99. The fraction of sp³-hybridized carbons (Fsp3) is 0.100. The van der Waals surface area contributed by atoms with Gasteiger partial charge >= 0.3 is 0 Å². The first-order chi connectivity index (χ1) is 8.16. The van der Waals surface area contributed by atoms with Gasteiger partial charge in [0.25, 0.3) is 0 Å². The maximum Gasteiger partial charge on any atom is 0.181 e. The first-order valence-electron chi connectivity index (χ1n) is 4.78. The second-order valence-electron chi connectivity index (χ2n) is 3.44. The first-order valence-corrected chi connectivity index (χ1v) is 6.42. The van der Waals surface area contributed by atoms with Gasteiger partial charge in [0.15, 0.2) is 11.5 Å². The standard InChI is InChI=1S/C10H6Cl2N4S/c1-5-13-7(12)4-8-14-15-10(16(5)8)9-6(11)2-3-17-9/h2-4H,1H3. The van der Waals surface area contributed by atoms with E-state index in [2.05, 4.69) is 15.2 Å². The molecule has 0 spiro atoms. The Bertz CT molecular complexity index is 703. The summed E-state index contributed by atoms with van der Waals surface area (Å²) in [5, 5.41) is 11.2. The van der Waals surface area contributed by atoms with Gasteiger partial charge in [0.05, 0.1) is 9.90 Å². The third kappa shape index (κ3) is 1.71. The quantitative estimate of drug-likeness (QED) is 0.643. The zero-order chi connectivity index (χ0) is 12.0. The summed E-state index contributed by atoms with van der Waals surface area (Å²) < 4.78 is 1.84. The van der Waals surface area contributed by atoms with Crippen molar-refractivity contribution in [1.82, 2.24) is 19.6 Å². The summed E-state index contributed by atoms with van der Waals surface area (Å²) in [7, 11) is 0. The highest BCUT2D eigenvalue weighted by molar-refractivity contribution is 7.14. The second-order valence-corrected chi connectivity index (χ2v) is 5.15. The van der Waals surface area contributed by atoms with Crippen molar-refractivity contribution >= 4 is 40.2 Å². The van der Waals surface area contributed by atoms with Gasteiger partial charge in [0.1, 0.15) is 11.0 Å². The van der Waals surface area contributed by atoms with E-state index in [0.29, 0.717) is 21.6 Å². The molecule has 3 aromatic rings. The Kier molecular flexibility index (Phi) is 2.54. The summed E-state index contributed by atoms with van der Waals surface area (Å²) in [5.74, 6) is 1.43. The van der Waals surface area contributed by atoms with Crippen LogP contribution in [0.5, 0.6) is 0 Å². The summed E-state index contributed by atoms with van der Waals surface area (Å²) in [5.41, 5.74) is 0.668. The zero-order valence-corrected chi connectivity index (χ0v) is 11.0. The molecule has 3 aromatic heterocycles. The molecule has 4 nitrogen and oxygen atoms in total. The van der Waals surface area contributed by atoms with Crippen LogP contribution in [0, 0.1) is 6.92 Å². The van der Waals surface area contributed by atoms with Crippen LogP contribution in [0.3, 0.4) is 0 Å². The number of hydrogen-bond acceptors (Lipinski definition) is 4. The van der Waals surface area contributed by atoms with Crippen LogP contribution < -0.4 is 0 Å². The average molecular weight is 285 g/mol. The molecule has 0 aromatic carbocycles. The highest BCUT2D eigenvalue weighted by atomic mass is 35.5. The van der Waals surface area contributed by atoms with Crippen LogP contribution in [0.25, 0.3) is 16.3 Å². The maximum absolute atomic E-state index is 6.10. The molecule has 0 saturated heterocycles. The van der Waals surface area contributed by atoms with Crippen molar-refractivity contribution in [1.29, 1.82) is 0 Å². The van der Waals surface area contributed by atoms with Gasteiger partial charge in [0.2, 0.25) is 0 Å². The minimum absolute atomic E-state index is 0.409. The lowest BCUT2D eigenvalue weighted by Crippen LogP contribution is -1.97. The molecule has 0 saturated carbocycles. The van der Waals surface area contributed by atoms with E-state index in [1.54, 1.807) is 6.07 Å². The predicted molar refractivity (Wildman–Crippen MR) is 68.9 cm³/mol. The van der Waals surface area contributed by atoms with Gasteiger partial charge in [-0.05, 0) is 18.4 Å². The Balaban J connectivity index is 2.36. The molecule has 0 N–H and O–H groups in total. The summed E-state index contributed by atoms with van der Waals surface area (Å²) in [6, 6.07) is 3.51. The molecule has 0 bridgehead atoms. The third-order valence-corrected chi connectivity index (χ3v) is 3.88. The van der Waals surface area contributed by atoms with Gasteiger partial charge in [-0.2, -0.15) is 0 Å². The number of rotatable bonds is 1. The third-order valence-electron chi connectivity index (χ3n) is 2.35. The van der Waals surface area contributed by atoms with Gasteiger partial charge in [-0.15, -0.1) is 21.5 Å². The summed E-state index contributed by atoms with van der Waals surface area (Å²) in [4.78, 5) is 5.07. The molecule has 3 heterocycles. The molecule has 0 fully saturated rings. The van der Waals surface area contributed by atoms with E-state index >= 15 is 0 Å². The van der Waals surface area contributed by atoms with Crippen LogP contribution in [0.2, 0.25) is 10.2 Å². The van der Waals surface area contributed by atoms with E-state index in [4.69, 9.17) is 23.2 Å². The molecule has 0 unspecified atom stereocenters. The Morgan fingerprint density at radius 3 is 2.82 bits per heavy atom. The van der Waals surface area contributed by atoms with Crippen molar-refractivity contribution in [2.45, 2.75) is 6.92 Å². The smallest absolute Gasteiger partial charge is 0.181 e. The topological polar surface area (TPSA) is 43.1 Å². The van der Waals surface area contributed by atoms with Gasteiger partial charge in [-0.25, -0.2) is 4.98 Å². The van der Waals surface area contributed by atoms with Crippen LogP contribution in [-0.2, 0) is 0 Å². The second kappa shape index (κ2) is 3.94. The minimum atomic E-state index is 0.409. The van der Waals surface area contributed by atoms with E-state index < -0.39 is 0 Å². The zero-order valence-electron chi connectivity index (χ0n) is 8.69. The van der Waals surface area contributed by atoms with Gasteiger partial charge in [0, 0.05) is 6.07 Å². The van der Waals surface area contributed by atoms with Crippen LogP contribution in [0.15, 0.2) is 17.5 Å². The molecule has 0 amide bonds. The molecule has 3 rings (SSSR count). The molecule has 0 radical (unpaired) electrons. The maximum atomic E-state index is 6.10. The predicted octanol–water partition coefficient (Wildman–Crippen LogP) is 3.47. The molecule has 0 aliphatic carbocycles. The van der Waals surface area contributed by atoms with Crippen molar-refractivity contribution in [2.24, 2.45) is 0 Å². The lowest BCUT2D eigenvalue weighted by molar-refractivity contribution is 0.991. The lowest BCUT2D eigenvalue weighted by Gasteiger charge is -2.02. The van der Waals surface area contributed by atoms with E-state index in [1.807, 2.05) is 22.8 Å². The largest absolute Gasteiger partial charge is 0.262 e. The number of nitrogens with zero attached hydrogens (tertiary/aromatic N) is 4. The molecular formula is C10H6Cl2N4S. The number of aromatic nitrogens is 4. The summed E-state index contributed by atoms with van der Waals surface area (Å²) in [6.45, 7) is 1.85. The van der Waals surface area contributed by atoms with Crippen molar-refractivity contribution < 1.29 is 0 Å². The van der Waals surface area contributed by atoms with Crippen molar-refractivity contribution in [3.63, 3.8) is 0 Å². The number of fused-ring (bicyclic) bond motifs is 1. The molecule has 0 atom stereocenters. The molecule has 0 aliphatic heterocycles. The Hall–Kier alpha value is -1.17. The highest BCUT2D eigenvalue weighted by Gasteiger charge is 2.15. The Morgan fingerprint density at radius 1 is 1.29 bits per heavy atom. The Labute approximate surface area is 111 Å². The average Bonchev–Trinajstić information content (AvgIpc) is 2.83. The van der Waals surface area contributed by atoms with Crippen LogP contribution in [-0.4, -0.2) is 19.6 Å². The number of aryl methyl sites for hydroxylation is 1. The lowest BCUT2D eigenvalue weighted by atomic mass is 10.4. The summed E-state index contributed by atoms with van der Waals surface area (Å²) >= 11 is 13.5. The first kappa shape index (κ1) is 11.0. The molecular weight excluding hydrogens is 279 g/mol. The van der Waals surface area contributed by atoms with Crippen LogP contribution in [0.1, 0.15) is 5.82 Å². The van der Waals surface area contributed by atoms with E-state index in [-0.39, 0.29) is 0 Å². The van der Waals surface area contributed by atoms with E-state index in [0.717, 1.165) is 10.7 Å². The van der Waals surface area contributed by atoms with Gasteiger partial charge in [-0.1, -0.05) is 23.2 Å². The number of halogens is 2. The Morgan fingerprint density at radius 2 is 2.12 bits per heavy atom. The van der Waals surface area contributed by atoms with Gasteiger partial charge in [-0.3, -0.25) is 4.40 Å². The molecule has 0 aliphatic rings. The van der Waals surface area contributed by atoms with Crippen molar-refractivity contribution in [2.75, 3.05) is 0 Å². The highest BCUT2D eigenvalue weighted by Crippen LogP contribution is 2.32. The van der Waals surface area contributed by atoms with E-state index in [1.165, 1.54) is 11.3 Å². The number of thiophene rings is 1. The van der Waals surface area contributed by atoms with Crippen molar-refractivity contribution in [3.05, 3.63) is 33.5 Å². The van der Waals surface area contributed by atoms with Crippen LogP contribution in [0.4, 0.5) is 0 Å². The molecule has 17 heavy (non-hydrogen) atoms. The summed E-state index contributed by atoms with van der Waals surface area (Å²) in [6.07, 6.45) is 0. The SMILES string of the molecule is Cc1nc(Cl)cc2nnc(-c3sccc3Cl)n12. The number of hydrogen-bond donors (Lipinski definition) is 0. The normalized spacial score (nSPS) is 11.2. The van der Waals surface area contributed by atoms with Gasteiger partial charge < -0.3 is 0 Å².